The lowest BCUT2D eigenvalue weighted by Gasteiger charge is -2.23. The second-order valence-corrected chi connectivity index (χ2v) is 7.43. The molecular weight excluding hydrogens is 292 g/mol. The molecule has 0 bridgehead atoms. The summed E-state index contributed by atoms with van der Waals surface area (Å²) in [5.41, 5.74) is 0.222. The van der Waals surface area contributed by atoms with E-state index in [9.17, 15) is 13.2 Å². The minimum Gasteiger partial charge on any atom is -0.396 e. The van der Waals surface area contributed by atoms with Crippen molar-refractivity contribution in [3.05, 3.63) is 24.3 Å². The number of aliphatic hydroxyl groups is 1. The molecule has 1 aromatic carbocycles. The van der Waals surface area contributed by atoms with E-state index in [0.717, 1.165) is 0 Å². The first-order valence-corrected chi connectivity index (χ1v) is 8.13. The van der Waals surface area contributed by atoms with Gasteiger partial charge in [-0.25, -0.2) is 13.1 Å². The first kappa shape index (κ1) is 17.6. The van der Waals surface area contributed by atoms with E-state index in [4.69, 9.17) is 5.11 Å². The van der Waals surface area contributed by atoms with Crippen LogP contribution in [-0.4, -0.2) is 32.6 Å². The first-order chi connectivity index (χ1) is 9.66. The summed E-state index contributed by atoms with van der Waals surface area (Å²) < 4.78 is 26.8. The molecule has 0 unspecified atom stereocenters. The second-order valence-electron chi connectivity index (χ2n) is 5.67. The average Bonchev–Trinajstić information content (AvgIpc) is 2.37. The number of carbonyl (C=O) groups is 1. The molecule has 0 radical (unpaired) electrons. The standard InChI is InChI=1S/C14H22N2O4S/c1-11(18)16-12-4-6-13(7-5-12)21(19,20)15-10-14(2,3)8-9-17/h4-7,15,17H,8-10H2,1-3H3,(H,16,18). The third-order valence-corrected chi connectivity index (χ3v) is 4.43. The van der Waals surface area contributed by atoms with Crippen LogP contribution in [0.4, 0.5) is 5.69 Å². The van der Waals surface area contributed by atoms with Crippen molar-refractivity contribution in [1.82, 2.24) is 4.72 Å². The van der Waals surface area contributed by atoms with Crippen molar-refractivity contribution in [1.29, 1.82) is 0 Å². The Morgan fingerprint density at radius 3 is 2.29 bits per heavy atom. The molecule has 0 saturated carbocycles. The number of carbonyl (C=O) groups excluding carboxylic acids is 1. The number of amides is 1. The Kier molecular flexibility index (Phi) is 5.88. The van der Waals surface area contributed by atoms with Crippen LogP contribution in [0.1, 0.15) is 27.2 Å². The van der Waals surface area contributed by atoms with Gasteiger partial charge >= 0.3 is 0 Å². The van der Waals surface area contributed by atoms with Crippen molar-refractivity contribution >= 4 is 21.6 Å². The van der Waals surface area contributed by atoms with Crippen LogP contribution in [0, 0.1) is 5.41 Å². The summed E-state index contributed by atoms with van der Waals surface area (Å²) in [4.78, 5) is 11.0. The van der Waals surface area contributed by atoms with Gasteiger partial charge in [0, 0.05) is 25.8 Å². The highest BCUT2D eigenvalue weighted by Gasteiger charge is 2.21. The molecule has 0 fully saturated rings. The highest BCUT2D eigenvalue weighted by molar-refractivity contribution is 7.89. The fourth-order valence-electron chi connectivity index (χ4n) is 1.69. The van der Waals surface area contributed by atoms with Crippen LogP contribution in [0.2, 0.25) is 0 Å². The molecule has 1 rings (SSSR count). The van der Waals surface area contributed by atoms with E-state index in [1.807, 2.05) is 13.8 Å². The normalized spacial score (nSPS) is 12.2. The lowest BCUT2D eigenvalue weighted by Crippen LogP contribution is -2.34. The van der Waals surface area contributed by atoms with E-state index < -0.39 is 10.0 Å². The Bertz CT molecular complexity index is 579. The molecule has 1 aromatic rings. The zero-order valence-electron chi connectivity index (χ0n) is 12.5. The maximum atomic E-state index is 12.2. The van der Waals surface area contributed by atoms with Crippen molar-refractivity contribution in [3.63, 3.8) is 0 Å². The largest absolute Gasteiger partial charge is 0.396 e. The monoisotopic (exact) mass is 314 g/mol. The van der Waals surface area contributed by atoms with Crippen LogP contribution >= 0.6 is 0 Å². The van der Waals surface area contributed by atoms with Crippen LogP contribution in [0.3, 0.4) is 0 Å². The molecule has 0 spiro atoms. The molecular formula is C14H22N2O4S. The van der Waals surface area contributed by atoms with Crippen LogP contribution in [0.5, 0.6) is 0 Å². The molecule has 1 amide bonds. The van der Waals surface area contributed by atoms with E-state index in [2.05, 4.69) is 10.0 Å². The molecule has 0 aliphatic carbocycles. The maximum absolute atomic E-state index is 12.2. The first-order valence-electron chi connectivity index (χ1n) is 6.64. The Morgan fingerprint density at radius 2 is 1.81 bits per heavy atom. The number of sulfonamides is 1. The lowest BCUT2D eigenvalue weighted by atomic mass is 9.90. The number of hydrogen-bond donors (Lipinski definition) is 3. The van der Waals surface area contributed by atoms with Gasteiger partial charge in [-0.15, -0.1) is 0 Å². The van der Waals surface area contributed by atoms with E-state index in [-0.39, 0.29) is 29.4 Å². The fourth-order valence-corrected chi connectivity index (χ4v) is 2.93. The zero-order chi connectivity index (χ0) is 16.1. The predicted octanol–water partition coefficient (Wildman–Crippen LogP) is 1.33. The van der Waals surface area contributed by atoms with Gasteiger partial charge in [0.1, 0.15) is 0 Å². The lowest BCUT2D eigenvalue weighted by molar-refractivity contribution is -0.114. The zero-order valence-corrected chi connectivity index (χ0v) is 13.3. The number of hydrogen-bond acceptors (Lipinski definition) is 4. The highest BCUT2D eigenvalue weighted by atomic mass is 32.2. The minimum atomic E-state index is -3.60. The van der Waals surface area contributed by atoms with Crippen molar-refractivity contribution in [2.24, 2.45) is 5.41 Å². The topological polar surface area (TPSA) is 95.5 Å². The molecule has 118 valence electrons. The number of benzene rings is 1. The van der Waals surface area contributed by atoms with Crippen LogP contribution in [0.15, 0.2) is 29.2 Å². The molecule has 0 heterocycles. The summed E-state index contributed by atoms with van der Waals surface area (Å²) in [6.45, 7) is 5.40. The third kappa shape index (κ3) is 5.82. The Morgan fingerprint density at radius 1 is 1.24 bits per heavy atom. The third-order valence-electron chi connectivity index (χ3n) is 3.01. The van der Waals surface area contributed by atoms with Gasteiger partial charge in [0.05, 0.1) is 4.90 Å². The summed E-state index contributed by atoms with van der Waals surface area (Å²) in [6.07, 6.45) is 0.511. The molecule has 21 heavy (non-hydrogen) atoms. The summed E-state index contributed by atoms with van der Waals surface area (Å²) in [5, 5.41) is 11.5. The van der Waals surface area contributed by atoms with E-state index in [1.165, 1.54) is 31.2 Å². The summed E-state index contributed by atoms with van der Waals surface area (Å²) in [7, 11) is -3.60. The van der Waals surface area contributed by atoms with Crippen molar-refractivity contribution in [2.75, 3.05) is 18.5 Å². The fraction of sp³-hybridized carbons (Fsp3) is 0.500. The van der Waals surface area contributed by atoms with Gasteiger partial charge in [-0.3, -0.25) is 4.79 Å². The van der Waals surface area contributed by atoms with Gasteiger partial charge in [-0.2, -0.15) is 0 Å². The summed E-state index contributed by atoms with van der Waals surface area (Å²) >= 11 is 0. The van der Waals surface area contributed by atoms with Crippen LogP contribution in [0.25, 0.3) is 0 Å². The van der Waals surface area contributed by atoms with Crippen LogP contribution in [-0.2, 0) is 14.8 Å². The molecule has 7 heteroatoms. The van der Waals surface area contributed by atoms with Crippen molar-refractivity contribution in [2.45, 2.75) is 32.1 Å². The van der Waals surface area contributed by atoms with Gasteiger partial charge in [-0.1, -0.05) is 13.8 Å². The smallest absolute Gasteiger partial charge is 0.240 e. The Hall–Kier alpha value is -1.44. The van der Waals surface area contributed by atoms with E-state index >= 15 is 0 Å². The quantitative estimate of drug-likeness (QED) is 0.707. The summed E-state index contributed by atoms with van der Waals surface area (Å²) in [5.74, 6) is -0.213. The SMILES string of the molecule is CC(=O)Nc1ccc(S(=O)(=O)NCC(C)(C)CCO)cc1. The van der Waals surface area contributed by atoms with Gasteiger partial charge in [0.15, 0.2) is 0 Å². The molecule has 6 nitrogen and oxygen atoms in total. The minimum absolute atomic E-state index is 0.0140. The van der Waals surface area contributed by atoms with Gasteiger partial charge in [0.2, 0.25) is 15.9 Å². The maximum Gasteiger partial charge on any atom is 0.240 e. The van der Waals surface area contributed by atoms with Gasteiger partial charge in [0.25, 0.3) is 0 Å². The highest BCUT2D eigenvalue weighted by Crippen LogP contribution is 2.20. The number of rotatable bonds is 7. The Labute approximate surface area is 125 Å². The van der Waals surface area contributed by atoms with E-state index in [0.29, 0.717) is 12.1 Å². The van der Waals surface area contributed by atoms with Gasteiger partial charge < -0.3 is 10.4 Å². The molecule has 0 saturated heterocycles. The molecule has 3 N–H and O–H groups in total. The summed E-state index contributed by atoms with van der Waals surface area (Å²) in [6, 6.07) is 5.95. The van der Waals surface area contributed by atoms with Crippen molar-refractivity contribution < 1.29 is 18.3 Å². The van der Waals surface area contributed by atoms with E-state index in [1.54, 1.807) is 0 Å². The van der Waals surface area contributed by atoms with Gasteiger partial charge in [-0.05, 0) is 36.1 Å². The van der Waals surface area contributed by atoms with Crippen molar-refractivity contribution in [3.8, 4) is 0 Å². The second kappa shape index (κ2) is 7.02. The number of aliphatic hydroxyl groups excluding tert-OH is 1. The molecule has 0 atom stereocenters. The molecule has 0 aliphatic rings. The predicted molar refractivity (Wildman–Crippen MR) is 81.4 cm³/mol. The molecule has 0 aliphatic heterocycles. The number of nitrogens with one attached hydrogen (secondary N) is 2. The number of anilines is 1. The Balaban J connectivity index is 2.76. The van der Waals surface area contributed by atoms with Crippen LogP contribution < -0.4 is 10.0 Å². The molecule has 0 aromatic heterocycles. The average molecular weight is 314 g/mol.